The molecule has 0 aliphatic carbocycles. The number of rotatable bonds is 5. The molecule has 2 nitrogen and oxygen atoms in total. The molecule has 0 saturated carbocycles. The van der Waals surface area contributed by atoms with E-state index in [1.54, 1.807) is 0 Å². The zero-order chi connectivity index (χ0) is 33.9. The second-order valence-electron chi connectivity index (χ2n) is 13.5. The largest absolute Gasteiger partial charge is 0.309 e. The van der Waals surface area contributed by atoms with Crippen molar-refractivity contribution in [2.75, 3.05) is 0 Å². The first-order valence-electron chi connectivity index (χ1n) is 17.6. The fourth-order valence-corrected chi connectivity index (χ4v) is 7.97. The van der Waals surface area contributed by atoms with Gasteiger partial charge >= 0.3 is 0 Å². The van der Waals surface area contributed by atoms with E-state index in [2.05, 4.69) is 204 Å². The standard InChI is InChI=1S/C49H34N2/c1-33-12-9-15-35(28-33)37-17-11-19-41(30-37)51-47-23-8-6-21-43(47)45-32-39(25-27-49(45)51)38-24-26-48-44(31-38)42-20-5-7-22-46(42)50(48)40-18-10-16-36(29-40)34-13-3-2-4-14-34/h2-32H,1H3. The van der Waals surface area contributed by atoms with Gasteiger partial charge < -0.3 is 9.13 Å². The average molecular weight is 651 g/mol. The van der Waals surface area contributed by atoms with Crippen molar-refractivity contribution in [1.82, 2.24) is 9.13 Å². The maximum absolute atomic E-state index is 2.41. The molecule has 0 fully saturated rings. The zero-order valence-corrected chi connectivity index (χ0v) is 28.3. The second kappa shape index (κ2) is 11.8. The van der Waals surface area contributed by atoms with Gasteiger partial charge in [0, 0.05) is 32.9 Å². The zero-order valence-electron chi connectivity index (χ0n) is 28.3. The minimum absolute atomic E-state index is 1.16. The van der Waals surface area contributed by atoms with Crippen molar-refractivity contribution in [1.29, 1.82) is 0 Å². The molecule has 0 bridgehead atoms. The van der Waals surface area contributed by atoms with E-state index in [0.717, 1.165) is 5.69 Å². The summed E-state index contributed by atoms with van der Waals surface area (Å²) < 4.78 is 4.82. The molecule has 10 rings (SSSR count). The third-order valence-corrected chi connectivity index (χ3v) is 10.3. The minimum Gasteiger partial charge on any atom is -0.309 e. The molecule has 0 atom stereocenters. The quantitative estimate of drug-likeness (QED) is 0.175. The van der Waals surface area contributed by atoms with Crippen LogP contribution in [0.3, 0.4) is 0 Å². The van der Waals surface area contributed by atoms with Crippen molar-refractivity contribution in [3.63, 3.8) is 0 Å². The topological polar surface area (TPSA) is 9.86 Å². The number of fused-ring (bicyclic) bond motifs is 6. The Bertz CT molecular complexity index is 2920. The van der Waals surface area contributed by atoms with Crippen LogP contribution in [0, 0.1) is 6.92 Å². The summed E-state index contributed by atoms with van der Waals surface area (Å²) in [6.07, 6.45) is 0. The Morgan fingerprint density at radius 3 is 1.24 bits per heavy atom. The van der Waals surface area contributed by atoms with Crippen LogP contribution < -0.4 is 0 Å². The second-order valence-corrected chi connectivity index (χ2v) is 13.5. The number of aromatic nitrogens is 2. The molecule has 0 unspecified atom stereocenters. The summed E-state index contributed by atoms with van der Waals surface area (Å²) in [7, 11) is 0. The Kier molecular flexibility index (Phi) is 6.75. The first-order valence-corrected chi connectivity index (χ1v) is 17.6. The molecule has 0 amide bonds. The molecule has 0 aliphatic rings. The maximum atomic E-state index is 2.41. The summed E-state index contributed by atoms with van der Waals surface area (Å²) in [5.74, 6) is 0. The molecule has 51 heavy (non-hydrogen) atoms. The van der Waals surface area contributed by atoms with Gasteiger partial charge in [0.05, 0.1) is 22.1 Å². The number of para-hydroxylation sites is 2. The third-order valence-electron chi connectivity index (χ3n) is 10.3. The predicted molar refractivity (Wildman–Crippen MR) is 216 cm³/mol. The fraction of sp³-hybridized carbons (Fsp3) is 0.0204. The van der Waals surface area contributed by atoms with Crippen LogP contribution in [-0.4, -0.2) is 9.13 Å². The number of hydrogen-bond acceptors (Lipinski definition) is 0. The van der Waals surface area contributed by atoms with Crippen molar-refractivity contribution < 1.29 is 0 Å². The van der Waals surface area contributed by atoms with Crippen LogP contribution in [0.4, 0.5) is 0 Å². The smallest absolute Gasteiger partial charge is 0.0541 e. The number of benzene rings is 8. The van der Waals surface area contributed by atoms with Gasteiger partial charge in [0.25, 0.3) is 0 Å². The molecule has 0 saturated heterocycles. The lowest BCUT2D eigenvalue weighted by atomic mass is 10.0. The van der Waals surface area contributed by atoms with Gasteiger partial charge in [-0.25, -0.2) is 0 Å². The summed E-state index contributed by atoms with van der Waals surface area (Å²) in [6, 6.07) is 68.6. The summed E-state index contributed by atoms with van der Waals surface area (Å²) in [6.45, 7) is 2.15. The first kappa shape index (κ1) is 29.3. The molecule has 240 valence electrons. The van der Waals surface area contributed by atoms with E-state index in [9.17, 15) is 0 Å². The molecule has 0 radical (unpaired) electrons. The molecule has 8 aromatic carbocycles. The van der Waals surface area contributed by atoms with E-state index in [-0.39, 0.29) is 0 Å². The van der Waals surface area contributed by atoms with Crippen molar-refractivity contribution in [2.45, 2.75) is 6.92 Å². The number of aryl methyl sites for hydroxylation is 1. The van der Waals surface area contributed by atoms with Crippen LogP contribution in [0.15, 0.2) is 188 Å². The normalized spacial score (nSPS) is 11.6. The van der Waals surface area contributed by atoms with Gasteiger partial charge in [-0.15, -0.1) is 0 Å². The van der Waals surface area contributed by atoms with Crippen molar-refractivity contribution in [3.8, 4) is 44.8 Å². The van der Waals surface area contributed by atoms with E-state index in [0.29, 0.717) is 0 Å². The molecule has 2 aromatic heterocycles. The number of nitrogens with zero attached hydrogens (tertiary/aromatic N) is 2. The molecule has 0 spiro atoms. The molecule has 0 aliphatic heterocycles. The Labute approximate surface area is 297 Å². The molecule has 0 N–H and O–H groups in total. The lowest BCUT2D eigenvalue weighted by Gasteiger charge is -2.11. The highest BCUT2D eigenvalue weighted by Gasteiger charge is 2.16. The van der Waals surface area contributed by atoms with Gasteiger partial charge in [-0.2, -0.15) is 0 Å². The van der Waals surface area contributed by atoms with Crippen LogP contribution in [-0.2, 0) is 0 Å². The molecule has 10 aromatic rings. The average Bonchev–Trinajstić information content (AvgIpc) is 3.70. The SMILES string of the molecule is Cc1cccc(-c2cccc(-n3c4ccccc4c4cc(-c5ccc6c(c5)c5ccccc5n6-c5cccc(-c6ccccc6)c5)ccc43)c2)c1. The Morgan fingerprint density at radius 1 is 0.275 bits per heavy atom. The van der Waals surface area contributed by atoms with Gasteiger partial charge in [-0.3, -0.25) is 0 Å². The monoisotopic (exact) mass is 650 g/mol. The lowest BCUT2D eigenvalue weighted by Crippen LogP contribution is -1.94. The van der Waals surface area contributed by atoms with Crippen molar-refractivity contribution in [3.05, 3.63) is 194 Å². The highest BCUT2D eigenvalue weighted by molar-refractivity contribution is 6.12. The highest BCUT2D eigenvalue weighted by Crippen LogP contribution is 2.39. The van der Waals surface area contributed by atoms with Gasteiger partial charge in [-0.1, -0.05) is 133 Å². The summed E-state index contributed by atoms with van der Waals surface area (Å²) in [4.78, 5) is 0. The Balaban J connectivity index is 1.12. The van der Waals surface area contributed by atoms with Crippen LogP contribution in [0.2, 0.25) is 0 Å². The number of hydrogen-bond donors (Lipinski definition) is 0. The first-order chi connectivity index (χ1) is 25.2. The summed E-state index contributed by atoms with van der Waals surface area (Å²) in [5, 5.41) is 5.02. The molecule has 2 heterocycles. The summed E-state index contributed by atoms with van der Waals surface area (Å²) >= 11 is 0. The maximum Gasteiger partial charge on any atom is 0.0541 e. The van der Waals surface area contributed by atoms with Gasteiger partial charge in [0.1, 0.15) is 0 Å². The molecule has 2 heteroatoms. The lowest BCUT2D eigenvalue weighted by molar-refractivity contribution is 1.18. The van der Waals surface area contributed by atoms with Gasteiger partial charge in [0.15, 0.2) is 0 Å². The fourth-order valence-electron chi connectivity index (χ4n) is 7.97. The highest BCUT2D eigenvalue weighted by atomic mass is 15.0. The van der Waals surface area contributed by atoms with Gasteiger partial charge in [-0.05, 0) is 101 Å². The van der Waals surface area contributed by atoms with E-state index >= 15 is 0 Å². The van der Waals surface area contributed by atoms with E-state index in [1.165, 1.54) is 88.2 Å². The van der Waals surface area contributed by atoms with Crippen molar-refractivity contribution in [2.24, 2.45) is 0 Å². The van der Waals surface area contributed by atoms with Gasteiger partial charge in [0.2, 0.25) is 0 Å². The minimum atomic E-state index is 1.16. The molecular formula is C49H34N2. The van der Waals surface area contributed by atoms with Crippen molar-refractivity contribution >= 4 is 43.6 Å². The van der Waals surface area contributed by atoms with E-state index in [4.69, 9.17) is 0 Å². The van der Waals surface area contributed by atoms with Crippen LogP contribution >= 0.6 is 0 Å². The van der Waals surface area contributed by atoms with E-state index in [1.807, 2.05) is 0 Å². The Hall–Kier alpha value is -6.64. The third kappa shape index (κ3) is 4.87. The van der Waals surface area contributed by atoms with E-state index < -0.39 is 0 Å². The van der Waals surface area contributed by atoms with Crippen LogP contribution in [0.25, 0.3) is 88.4 Å². The van der Waals surface area contributed by atoms with Crippen LogP contribution in [0.5, 0.6) is 0 Å². The predicted octanol–water partition coefficient (Wildman–Crippen LogP) is 13.2. The summed E-state index contributed by atoms with van der Waals surface area (Å²) in [5.41, 5.74) is 15.7. The molecular weight excluding hydrogens is 617 g/mol. The van der Waals surface area contributed by atoms with Crippen LogP contribution in [0.1, 0.15) is 5.56 Å². The Morgan fingerprint density at radius 2 is 0.686 bits per heavy atom.